The van der Waals surface area contributed by atoms with E-state index in [0.717, 1.165) is 30.4 Å². The van der Waals surface area contributed by atoms with Crippen molar-refractivity contribution in [2.24, 2.45) is 0 Å². The van der Waals surface area contributed by atoms with Crippen molar-refractivity contribution in [1.82, 2.24) is 0 Å². The molecule has 0 aliphatic heterocycles. The lowest BCUT2D eigenvalue weighted by molar-refractivity contribution is -0.801. The van der Waals surface area contributed by atoms with Gasteiger partial charge in [-0.3, -0.25) is 4.79 Å². The third-order valence-electron chi connectivity index (χ3n) is 3.15. The maximum absolute atomic E-state index is 12.3. The van der Waals surface area contributed by atoms with Crippen LogP contribution in [0, 0.1) is 0 Å². The number of carbonyl (C=O) groups excluding carboxylic acids is 1. The first kappa shape index (κ1) is 17.3. The number of ketones is 1. The van der Waals surface area contributed by atoms with Gasteiger partial charge in [0.15, 0.2) is 5.78 Å². The van der Waals surface area contributed by atoms with Crippen LogP contribution in [0.5, 0.6) is 0 Å². The van der Waals surface area contributed by atoms with E-state index in [2.05, 4.69) is 34.4 Å². The summed E-state index contributed by atoms with van der Waals surface area (Å²) >= 11 is 0. The van der Waals surface area contributed by atoms with E-state index in [1.807, 2.05) is 42.7 Å². The standard InChI is InChI=1S/C18H26N2O/c1-19(2)14-7-5-6-10-16-11-8-12-17(18(16)21)13-9-15-20(3)4/h5-7,9-10,13-15H,8,11-12H2,1-4H3/p+2/b6-5+,14-7+,15-9+,16-10+,17-13+. The van der Waals surface area contributed by atoms with Gasteiger partial charge in [-0.1, -0.05) is 18.2 Å². The highest BCUT2D eigenvalue weighted by atomic mass is 16.1. The number of rotatable bonds is 5. The minimum atomic E-state index is 0.200. The third-order valence-corrected chi connectivity index (χ3v) is 3.15. The Morgan fingerprint density at radius 2 is 1.29 bits per heavy atom. The Bertz CT molecular complexity index is 491. The molecule has 0 heterocycles. The van der Waals surface area contributed by atoms with Gasteiger partial charge < -0.3 is 9.80 Å². The van der Waals surface area contributed by atoms with Gasteiger partial charge in [-0.15, -0.1) is 0 Å². The van der Waals surface area contributed by atoms with Gasteiger partial charge >= 0.3 is 0 Å². The van der Waals surface area contributed by atoms with E-state index in [-0.39, 0.29) is 5.78 Å². The van der Waals surface area contributed by atoms with Gasteiger partial charge in [0.25, 0.3) is 0 Å². The Kier molecular flexibility index (Phi) is 7.65. The maximum Gasteiger partial charge on any atom is 0.184 e. The van der Waals surface area contributed by atoms with Crippen molar-refractivity contribution in [2.45, 2.75) is 19.3 Å². The van der Waals surface area contributed by atoms with Gasteiger partial charge in [0.05, 0.1) is 40.6 Å². The second-order valence-corrected chi connectivity index (χ2v) is 5.82. The van der Waals surface area contributed by atoms with Crippen molar-refractivity contribution in [3.63, 3.8) is 0 Å². The van der Waals surface area contributed by atoms with Crippen molar-refractivity contribution in [2.75, 3.05) is 28.2 Å². The molecule has 1 saturated carbocycles. The van der Waals surface area contributed by atoms with Gasteiger partial charge in [0.2, 0.25) is 0 Å². The Hall–Kier alpha value is -1.71. The lowest BCUT2D eigenvalue weighted by Gasteiger charge is -2.15. The van der Waals surface area contributed by atoms with Gasteiger partial charge in [-0.25, -0.2) is 0 Å². The molecular formula is C18H28N2O+2. The first-order valence-electron chi connectivity index (χ1n) is 7.57. The van der Waals surface area contributed by atoms with Crippen molar-refractivity contribution in [1.29, 1.82) is 0 Å². The van der Waals surface area contributed by atoms with Crippen LogP contribution in [0.25, 0.3) is 0 Å². The van der Waals surface area contributed by atoms with Crippen LogP contribution in [0.4, 0.5) is 0 Å². The molecule has 0 saturated heterocycles. The molecular weight excluding hydrogens is 260 g/mol. The normalized spacial score (nSPS) is 21.3. The van der Waals surface area contributed by atoms with Crippen LogP contribution in [-0.2, 0) is 4.79 Å². The van der Waals surface area contributed by atoms with Gasteiger partial charge in [-0.2, -0.15) is 0 Å². The second-order valence-electron chi connectivity index (χ2n) is 5.82. The predicted octanol–water partition coefficient (Wildman–Crippen LogP) is 0.465. The zero-order chi connectivity index (χ0) is 15.7. The number of hydrogen-bond donors (Lipinski definition) is 2. The quantitative estimate of drug-likeness (QED) is 0.558. The fourth-order valence-corrected chi connectivity index (χ4v) is 2.06. The van der Waals surface area contributed by atoms with Crippen molar-refractivity contribution < 1.29 is 14.6 Å². The smallest absolute Gasteiger partial charge is 0.184 e. The summed E-state index contributed by atoms with van der Waals surface area (Å²) in [7, 11) is 8.23. The zero-order valence-electron chi connectivity index (χ0n) is 13.6. The molecule has 0 aromatic carbocycles. The van der Waals surface area contributed by atoms with E-state index in [1.165, 1.54) is 9.80 Å². The minimum absolute atomic E-state index is 0.200. The summed E-state index contributed by atoms with van der Waals surface area (Å²) in [5.74, 6) is 0.200. The Morgan fingerprint density at radius 3 is 1.86 bits per heavy atom. The largest absolute Gasteiger partial charge is 0.314 e. The first-order chi connectivity index (χ1) is 10.0. The Balaban J connectivity index is 2.70. The average Bonchev–Trinajstić information content (AvgIpc) is 2.41. The summed E-state index contributed by atoms with van der Waals surface area (Å²) in [6.07, 6.45) is 18.7. The summed E-state index contributed by atoms with van der Waals surface area (Å²) in [4.78, 5) is 14.8. The number of nitrogens with one attached hydrogen (secondary N) is 2. The van der Waals surface area contributed by atoms with Crippen molar-refractivity contribution >= 4 is 5.78 Å². The lowest BCUT2D eigenvalue weighted by Crippen LogP contribution is -3.00. The van der Waals surface area contributed by atoms with Crippen LogP contribution in [0.2, 0.25) is 0 Å². The third kappa shape index (κ3) is 7.02. The van der Waals surface area contributed by atoms with Gasteiger partial charge in [0, 0.05) is 0 Å². The maximum atomic E-state index is 12.3. The number of quaternary nitrogens is 2. The van der Waals surface area contributed by atoms with E-state index < -0.39 is 0 Å². The molecule has 0 spiro atoms. The molecule has 1 aliphatic rings. The van der Waals surface area contributed by atoms with Crippen LogP contribution >= 0.6 is 0 Å². The number of Topliss-reactive ketones (excluding diaryl/α,β-unsaturated/α-hetero) is 1. The topological polar surface area (TPSA) is 26.0 Å². The molecule has 0 bridgehead atoms. The van der Waals surface area contributed by atoms with E-state index in [0.29, 0.717) is 0 Å². The van der Waals surface area contributed by atoms with Crippen molar-refractivity contribution in [3.8, 4) is 0 Å². The zero-order valence-corrected chi connectivity index (χ0v) is 13.6. The highest BCUT2D eigenvalue weighted by molar-refractivity contribution is 6.09. The highest BCUT2D eigenvalue weighted by Crippen LogP contribution is 2.24. The molecule has 3 heteroatoms. The molecule has 1 rings (SSSR count). The average molecular weight is 288 g/mol. The fraction of sp³-hybridized carbons (Fsp3) is 0.389. The fourth-order valence-electron chi connectivity index (χ4n) is 2.06. The summed E-state index contributed by atoms with van der Waals surface area (Å²) in [5, 5.41) is 0. The summed E-state index contributed by atoms with van der Waals surface area (Å²) < 4.78 is 0. The monoisotopic (exact) mass is 288 g/mol. The highest BCUT2D eigenvalue weighted by Gasteiger charge is 2.19. The molecule has 0 radical (unpaired) electrons. The SMILES string of the molecule is C[NH+](C)/C=C/C=C/C=C1\CCC/C(=C\C=C\[NH+](C)C)C1=O. The van der Waals surface area contributed by atoms with Crippen LogP contribution in [0.3, 0.4) is 0 Å². The molecule has 0 aromatic rings. The summed E-state index contributed by atoms with van der Waals surface area (Å²) in [5.41, 5.74) is 1.84. The molecule has 3 nitrogen and oxygen atoms in total. The molecule has 114 valence electrons. The minimum Gasteiger partial charge on any atom is -0.314 e. The van der Waals surface area contributed by atoms with Gasteiger partial charge in [-0.05, 0) is 48.6 Å². The predicted molar refractivity (Wildman–Crippen MR) is 88.1 cm³/mol. The van der Waals surface area contributed by atoms with Crippen molar-refractivity contribution in [3.05, 3.63) is 60.0 Å². The molecule has 1 aliphatic carbocycles. The van der Waals surface area contributed by atoms with Gasteiger partial charge in [0.1, 0.15) is 0 Å². The molecule has 21 heavy (non-hydrogen) atoms. The lowest BCUT2D eigenvalue weighted by atomic mass is 9.88. The molecule has 2 N–H and O–H groups in total. The van der Waals surface area contributed by atoms with Crippen LogP contribution < -0.4 is 9.80 Å². The number of hydrogen-bond acceptors (Lipinski definition) is 1. The Morgan fingerprint density at radius 1 is 0.762 bits per heavy atom. The number of carbonyl (C=O) groups is 1. The second kappa shape index (κ2) is 9.27. The molecule has 0 aromatic heterocycles. The van der Waals surface area contributed by atoms with Crippen LogP contribution in [0.15, 0.2) is 60.0 Å². The van der Waals surface area contributed by atoms with Crippen LogP contribution in [-0.4, -0.2) is 34.0 Å². The Labute approximate surface area is 128 Å². The van der Waals surface area contributed by atoms with E-state index in [1.54, 1.807) is 0 Å². The van der Waals surface area contributed by atoms with E-state index in [4.69, 9.17) is 0 Å². The molecule has 0 amide bonds. The molecule has 1 fully saturated rings. The van der Waals surface area contributed by atoms with Crippen LogP contribution in [0.1, 0.15) is 19.3 Å². The van der Waals surface area contributed by atoms with E-state index in [9.17, 15) is 4.79 Å². The first-order valence-corrected chi connectivity index (χ1v) is 7.57. The summed E-state index contributed by atoms with van der Waals surface area (Å²) in [6, 6.07) is 0. The summed E-state index contributed by atoms with van der Waals surface area (Å²) in [6.45, 7) is 0. The number of allylic oxidation sites excluding steroid dienone is 8. The molecule has 0 atom stereocenters. The molecule has 0 unspecified atom stereocenters. The van der Waals surface area contributed by atoms with E-state index >= 15 is 0 Å².